The molecule has 14 nitrogen and oxygen atoms in total. The molecule has 2 aliphatic heterocycles. The number of hydrogen-bond acceptors (Lipinski definition) is 11. The van der Waals surface area contributed by atoms with Gasteiger partial charge in [-0.3, -0.25) is 19.4 Å². The lowest BCUT2D eigenvalue weighted by molar-refractivity contribution is -0.130. The van der Waals surface area contributed by atoms with Gasteiger partial charge in [-0.2, -0.15) is 10.1 Å². The van der Waals surface area contributed by atoms with E-state index < -0.39 is 5.60 Å². The molecule has 2 aliphatic rings. The Hall–Kier alpha value is -4.43. The van der Waals surface area contributed by atoms with Crippen molar-refractivity contribution in [3.63, 3.8) is 0 Å². The molecular weight excluding hydrogens is 574 g/mol. The van der Waals surface area contributed by atoms with Crippen molar-refractivity contribution in [2.45, 2.75) is 51.7 Å². The Labute approximate surface area is 264 Å². The fourth-order valence-electron chi connectivity index (χ4n) is 5.53. The molecule has 5 N–H and O–H groups in total. The first kappa shape index (κ1) is 32.0. The fraction of sp³-hybridized carbons (Fsp3) is 0.516. The lowest BCUT2D eigenvalue weighted by atomic mass is 10.1. The van der Waals surface area contributed by atoms with E-state index in [2.05, 4.69) is 25.3 Å². The molecule has 14 heteroatoms. The minimum Gasteiger partial charge on any atom is -0.444 e. The third-order valence-corrected chi connectivity index (χ3v) is 7.97. The number of carbonyl (C=O) groups excluding carboxylic acids is 2. The van der Waals surface area contributed by atoms with E-state index in [0.717, 1.165) is 49.3 Å². The van der Waals surface area contributed by atoms with Gasteiger partial charge in [-0.25, -0.2) is 15.6 Å². The quantitative estimate of drug-likeness (QED) is 0.238. The summed E-state index contributed by atoms with van der Waals surface area (Å²) in [4.78, 5) is 40.2. The van der Waals surface area contributed by atoms with Crippen molar-refractivity contribution in [3.05, 3.63) is 42.9 Å². The Morgan fingerprint density at radius 2 is 1.78 bits per heavy atom. The van der Waals surface area contributed by atoms with Gasteiger partial charge in [-0.05, 0) is 57.9 Å². The molecule has 0 bridgehead atoms. The largest absolute Gasteiger partial charge is 0.444 e. The zero-order valence-electron chi connectivity index (χ0n) is 26.6. The standard InChI is InChI=1S/C31H45N11O3/c1-31(2,3)45-30(44)40-16-14-39(15-17-40)12-5-6-27(43)41-13-11-24(21-41)36-29-34-19-26(32)28(37-29)42(33)25-9-7-22(8-10-25)23-18-35-38(4)20-23/h7-10,18-20,24H,5-6,11-17,21,32-33H2,1-4H3,(H,34,36,37)/t24-/m1/s1. The van der Waals surface area contributed by atoms with Gasteiger partial charge in [0.1, 0.15) is 5.60 Å². The van der Waals surface area contributed by atoms with Crippen LogP contribution in [-0.4, -0.2) is 104 Å². The first-order valence-electron chi connectivity index (χ1n) is 15.5. The number of aryl methyl sites for hydroxylation is 1. The van der Waals surface area contributed by atoms with Crippen molar-refractivity contribution in [1.82, 2.24) is 34.4 Å². The van der Waals surface area contributed by atoms with Gasteiger partial charge in [0, 0.05) is 70.5 Å². The van der Waals surface area contributed by atoms with Gasteiger partial charge in [0.05, 0.1) is 23.8 Å². The Bertz CT molecular complexity index is 1460. The summed E-state index contributed by atoms with van der Waals surface area (Å²) >= 11 is 0. The van der Waals surface area contributed by atoms with Crippen molar-refractivity contribution in [3.8, 4) is 11.1 Å². The number of anilines is 4. The number of hydrogen-bond donors (Lipinski definition) is 3. The molecule has 5 rings (SSSR count). The molecule has 1 aromatic carbocycles. The van der Waals surface area contributed by atoms with Crippen LogP contribution in [-0.2, 0) is 16.6 Å². The molecule has 2 saturated heterocycles. The van der Waals surface area contributed by atoms with Crippen LogP contribution in [0.1, 0.15) is 40.0 Å². The number of hydrazine groups is 1. The molecule has 0 saturated carbocycles. The number of rotatable bonds is 9. The Balaban J connectivity index is 1.06. The second-order valence-electron chi connectivity index (χ2n) is 12.7. The maximum atomic E-state index is 13.0. The van der Waals surface area contributed by atoms with Gasteiger partial charge in [-0.15, -0.1) is 0 Å². The van der Waals surface area contributed by atoms with E-state index in [1.54, 1.807) is 15.8 Å². The van der Waals surface area contributed by atoms with Gasteiger partial charge in [0.15, 0.2) is 5.82 Å². The molecule has 2 aromatic heterocycles. The zero-order valence-corrected chi connectivity index (χ0v) is 26.6. The molecule has 0 spiro atoms. The molecule has 0 aliphatic carbocycles. The Morgan fingerprint density at radius 3 is 2.44 bits per heavy atom. The number of amides is 2. The summed E-state index contributed by atoms with van der Waals surface area (Å²) in [5.41, 5.74) is 8.82. The number of likely N-dealkylation sites (tertiary alicyclic amines) is 1. The number of carbonyl (C=O) groups is 2. The SMILES string of the molecule is Cn1cc(-c2ccc(N(N)c3nc(N[C@@H]4CCN(C(=O)CCCN5CCN(C(=O)OC(C)(C)C)CC5)C4)ncc3N)cc2)cn1. The van der Waals surface area contributed by atoms with Gasteiger partial charge in [0.25, 0.3) is 0 Å². The number of nitrogens with two attached hydrogens (primary N) is 2. The summed E-state index contributed by atoms with van der Waals surface area (Å²) in [5.74, 6) is 7.37. The number of aromatic nitrogens is 4. The number of nitrogen functional groups attached to an aromatic ring is 1. The Morgan fingerprint density at radius 1 is 1.04 bits per heavy atom. The van der Waals surface area contributed by atoms with Crippen molar-refractivity contribution in [1.29, 1.82) is 0 Å². The van der Waals surface area contributed by atoms with Crippen molar-refractivity contribution >= 4 is 35.1 Å². The van der Waals surface area contributed by atoms with Crippen LogP contribution in [0.25, 0.3) is 11.1 Å². The smallest absolute Gasteiger partial charge is 0.410 e. The third kappa shape index (κ3) is 8.39. The van der Waals surface area contributed by atoms with E-state index in [1.807, 2.05) is 69.4 Å². The van der Waals surface area contributed by atoms with Crippen molar-refractivity contribution in [2.24, 2.45) is 12.9 Å². The summed E-state index contributed by atoms with van der Waals surface area (Å²) in [6, 6.07) is 7.78. The second kappa shape index (κ2) is 13.7. The van der Waals surface area contributed by atoms with Gasteiger partial charge in [-0.1, -0.05) is 12.1 Å². The predicted molar refractivity (Wildman–Crippen MR) is 174 cm³/mol. The van der Waals surface area contributed by atoms with Crippen LogP contribution in [0, 0.1) is 0 Å². The molecule has 0 radical (unpaired) electrons. The summed E-state index contributed by atoms with van der Waals surface area (Å²) in [6.07, 6.45) is 7.10. The van der Waals surface area contributed by atoms with Gasteiger partial charge >= 0.3 is 6.09 Å². The highest BCUT2D eigenvalue weighted by molar-refractivity contribution is 5.77. The van der Waals surface area contributed by atoms with Gasteiger partial charge < -0.3 is 25.6 Å². The highest BCUT2D eigenvalue weighted by Gasteiger charge is 2.28. The summed E-state index contributed by atoms with van der Waals surface area (Å²) in [6.45, 7) is 10.5. The van der Waals surface area contributed by atoms with E-state index in [4.69, 9.17) is 16.3 Å². The van der Waals surface area contributed by atoms with Crippen molar-refractivity contribution < 1.29 is 14.3 Å². The first-order chi connectivity index (χ1) is 21.4. The number of nitrogens with one attached hydrogen (secondary N) is 1. The summed E-state index contributed by atoms with van der Waals surface area (Å²) in [5, 5.41) is 9.02. The topological polar surface area (TPSA) is 164 Å². The highest BCUT2D eigenvalue weighted by atomic mass is 16.6. The molecule has 242 valence electrons. The molecule has 45 heavy (non-hydrogen) atoms. The molecule has 0 unspecified atom stereocenters. The van der Waals surface area contributed by atoms with Crippen LogP contribution in [0.15, 0.2) is 42.9 Å². The molecule has 1 atom stereocenters. The Kier molecular flexibility index (Phi) is 9.73. The molecule has 2 amide bonds. The molecular formula is C31H45N11O3. The highest BCUT2D eigenvalue weighted by Crippen LogP contribution is 2.29. The second-order valence-corrected chi connectivity index (χ2v) is 12.7. The van der Waals surface area contributed by atoms with Crippen LogP contribution in [0.2, 0.25) is 0 Å². The minimum absolute atomic E-state index is 0.0244. The first-order valence-corrected chi connectivity index (χ1v) is 15.5. The maximum Gasteiger partial charge on any atom is 0.410 e. The van der Waals surface area contributed by atoms with E-state index in [9.17, 15) is 9.59 Å². The number of benzene rings is 1. The number of piperazine rings is 1. The normalized spacial score (nSPS) is 17.4. The molecule has 3 aromatic rings. The van der Waals surface area contributed by atoms with E-state index in [1.165, 1.54) is 5.01 Å². The van der Waals surface area contributed by atoms with Gasteiger partial charge in [0.2, 0.25) is 11.9 Å². The van der Waals surface area contributed by atoms with E-state index in [0.29, 0.717) is 50.1 Å². The number of nitrogens with zero attached hydrogens (tertiary/aromatic N) is 8. The maximum absolute atomic E-state index is 13.0. The van der Waals surface area contributed by atoms with E-state index in [-0.39, 0.29) is 18.0 Å². The lowest BCUT2D eigenvalue weighted by Gasteiger charge is -2.35. The van der Waals surface area contributed by atoms with Crippen molar-refractivity contribution in [2.75, 3.05) is 61.9 Å². The predicted octanol–water partition coefficient (Wildman–Crippen LogP) is 2.82. The monoisotopic (exact) mass is 619 g/mol. The number of ether oxygens (including phenoxy) is 1. The van der Waals surface area contributed by atoms with Crippen LogP contribution in [0.5, 0.6) is 0 Å². The fourth-order valence-corrected chi connectivity index (χ4v) is 5.53. The average molecular weight is 620 g/mol. The lowest BCUT2D eigenvalue weighted by Crippen LogP contribution is -2.50. The van der Waals surface area contributed by atoms with Crippen LogP contribution in [0.4, 0.5) is 27.9 Å². The van der Waals surface area contributed by atoms with Crippen LogP contribution in [0.3, 0.4) is 0 Å². The average Bonchev–Trinajstić information content (AvgIpc) is 3.66. The third-order valence-electron chi connectivity index (χ3n) is 7.97. The molecule has 4 heterocycles. The van der Waals surface area contributed by atoms with Crippen LogP contribution < -0.4 is 21.9 Å². The minimum atomic E-state index is -0.496. The van der Waals surface area contributed by atoms with Crippen LogP contribution >= 0.6 is 0 Å². The summed E-state index contributed by atoms with van der Waals surface area (Å²) < 4.78 is 7.23. The molecule has 2 fully saturated rings. The zero-order chi connectivity index (χ0) is 32.1. The van der Waals surface area contributed by atoms with E-state index >= 15 is 0 Å². The summed E-state index contributed by atoms with van der Waals surface area (Å²) in [7, 11) is 1.88.